The molecular formula is C19H19N3O6S. The number of ether oxygens (including phenoxy) is 1. The number of hydrogen-bond acceptors (Lipinski definition) is 7. The van der Waals surface area contributed by atoms with Crippen LogP contribution in [0.3, 0.4) is 0 Å². The first-order valence-electron chi connectivity index (χ1n) is 8.83. The summed E-state index contributed by atoms with van der Waals surface area (Å²) in [6.45, 7) is 3.25. The van der Waals surface area contributed by atoms with Gasteiger partial charge in [0, 0.05) is 48.8 Å². The predicted octanol–water partition coefficient (Wildman–Crippen LogP) is 2.35. The molecule has 29 heavy (non-hydrogen) atoms. The van der Waals surface area contributed by atoms with Crippen molar-refractivity contribution in [1.82, 2.24) is 9.80 Å². The molecule has 1 aromatic carbocycles. The van der Waals surface area contributed by atoms with Gasteiger partial charge in [0.05, 0.1) is 22.5 Å². The van der Waals surface area contributed by atoms with E-state index in [9.17, 15) is 24.5 Å². The molecule has 0 spiro atoms. The van der Waals surface area contributed by atoms with Crippen molar-refractivity contribution in [2.45, 2.75) is 6.92 Å². The number of nitrogens with zero attached hydrogens (tertiary/aromatic N) is 3. The summed E-state index contributed by atoms with van der Waals surface area (Å²) in [5, 5.41) is 11.2. The van der Waals surface area contributed by atoms with Gasteiger partial charge in [0.2, 0.25) is 0 Å². The van der Waals surface area contributed by atoms with Gasteiger partial charge in [-0.05, 0) is 25.1 Å². The number of piperazine rings is 1. The lowest BCUT2D eigenvalue weighted by molar-refractivity contribution is -0.384. The van der Waals surface area contributed by atoms with E-state index in [1.165, 1.54) is 22.3 Å². The predicted molar refractivity (Wildman–Crippen MR) is 105 cm³/mol. The van der Waals surface area contributed by atoms with Gasteiger partial charge in [-0.3, -0.25) is 19.7 Å². The van der Waals surface area contributed by atoms with Crippen LogP contribution in [0.4, 0.5) is 5.69 Å². The number of rotatable bonds is 4. The molecule has 1 aromatic heterocycles. The summed E-state index contributed by atoms with van der Waals surface area (Å²) in [6.07, 6.45) is 0. The molecule has 2 aromatic rings. The van der Waals surface area contributed by atoms with E-state index in [0.717, 1.165) is 24.1 Å². The number of carbonyl (C=O) groups excluding carboxylic acids is 3. The highest BCUT2D eigenvalue weighted by Gasteiger charge is 2.27. The minimum atomic E-state index is -0.760. The molecule has 1 aliphatic rings. The quantitative estimate of drug-likeness (QED) is 0.429. The molecule has 3 rings (SSSR count). The minimum absolute atomic E-state index is 0.0354. The molecule has 0 atom stereocenters. The first kappa shape index (κ1) is 20.5. The lowest BCUT2D eigenvalue weighted by Crippen LogP contribution is -2.50. The number of thiophene rings is 1. The second kappa shape index (κ2) is 8.39. The zero-order valence-corrected chi connectivity index (χ0v) is 16.7. The molecule has 0 bridgehead atoms. The highest BCUT2D eigenvalue weighted by Crippen LogP contribution is 2.21. The lowest BCUT2D eigenvalue weighted by Gasteiger charge is -2.34. The fourth-order valence-electron chi connectivity index (χ4n) is 3.08. The van der Waals surface area contributed by atoms with Crippen LogP contribution in [0.1, 0.15) is 35.3 Å². The van der Waals surface area contributed by atoms with E-state index in [1.807, 2.05) is 13.0 Å². The van der Waals surface area contributed by atoms with E-state index in [-0.39, 0.29) is 22.7 Å². The van der Waals surface area contributed by atoms with Gasteiger partial charge in [-0.2, -0.15) is 0 Å². The number of amides is 2. The molecule has 152 valence electrons. The molecule has 2 heterocycles. The Morgan fingerprint density at radius 2 is 1.59 bits per heavy atom. The van der Waals surface area contributed by atoms with Crippen molar-refractivity contribution in [3.05, 3.63) is 61.3 Å². The number of esters is 1. The molecule has 0 radical (unpaired) electrons. The Balaban J connectivity index is 1.73. The largest absolute Gasteiger partial charge is 0.465 e. The number of hydrogen-bond donors (Lipinski definition) is 0. The molecule has 2 amide bonds. The maximum atomic E-state index is 12.8. The van der Waals surface area contributed by atoms with E-state index in [4.69, 9.17) is 0 Å². The Bertz CT molecular complexity index is 978. The number of benzene rings is 1. The van der Waals surface area contributed by atoms with Crippen LogP contribution in [0, 0.1) is 17.0 Å². The van der Waals surface area contributed by atoms with E-state index < -0.39 is 16.8 Å². The number of nitro groups is 1. The standard InChI is InChI=1S/C19H19N3O6S/c1-12-3-4-16(29-12)18(24)21-7-5-20(6-8-21)17(23)13-9-14(19(25)28-2)11-15(10-13)22(26)27/h3-4,9-11H,5-8H2,1-2H3. The zero-order chi connectivity index (χ0) is 21.1. The fourth-order valence-corrected chi connectivity index (χ4v) is 3.91. The first-order chi connectivity index (χ1) is 13.8. The molecule has 0 aliphatic carbocycles. The van der Waals surface area contributed by atoms with E-state index >= 15 is 0 Å². The molecular weight excluding hydrogens is 398 g/mol. The Kier molecular flexibility index (Phi) is 5.92. The Labute approximate surface area is 170 Å². The number of carbonyl (C=O) groups is 3. The highest BCUT2D eigenvalue weighted by atomic mass is 32.1. The average molecular weight is 417 g/mol. The average Bonchev–Trinajstić information content (AvgIpc) is 3.18. The third-order valence-corrected chi connectivity index (χ3v) is 5.59. The normalized spacial score (nSPS) is 13.9. The molecule has 1 fully saturated rings. The number of methoxy groups -OCH3 is 1. The van der Waals surface area contributed by atoms with Crippen LogP contribution in [0.15, 0.2) is 30.3 Å². The summed E-state index contributed by atoms with van der Waals surface area (Å²) < 4.78 is 4.61. The summed E-state index contributed by atoms with van der Waals surface area (Å²) in [4.78, 5) is 52.6. The molecule has 1 saturated heterocycles. The van der Waals surface area contributed by atoms with Crippen LogP contribution >= 0.6 is 11.3 Å². The number of non-ortho nitro benzene ring substituents is 1. The number of aryl methyl sites for hydroxylation is 1. The van der Waals surface area contributed by atoms with Crippen molar-refractivity contribution in [3.63, 3.8) is 0 Å². The maximum absolute atomic E-state index is 12.8. The van der Waals surface area contributed by atoms with Crippen LogP contribution in [0.5, 0.6) is 0 Å². The van der Waals surface area contributed by atoms with Crippen LogP contribution in [0.2, 0.25) is 0 Å². The summed E-state index contributed by atoms with van der Waals surface area (Å²) in [6, 6.07) is 7.17. The van der Waals surface area contributed by atoms with Crippen molar-refractivity contribution >= 4 is 34.8 Å². The lowest BCUT2D eigenvalue weighted by atomic mass is 10.1. The van der Waals surface area contributed by atoms with Crippen molar-refractivity contribution in [2.75, 3.05) is 33.3 Å². The highest BCUT2D eigenvalue weighted by molar-refractivity contribution is 7.13. The second-order valence-corrected chi connectivity index (χ2v) is 7.80. The maximum Gasteiger partial charge on any atom is 0.338 e. The third kappa shape index (κ3) is 4.43. The van der Waals surface area contributed by atoms with Gasteiger partial charge in [-0.1, -0.05) is 0 Å². The van der Waals surface area contributed by atoms with Gasteiger partial charge in [0.25, 0.3) is 17.5 Å². The summed E-state index contributed by atoms with van der Waals surface area (Å²) in [5.74, 6) is -1.26. The van der Waals surface area contributed by atoms with Crippen LogP contribution in [0.25, 0.3) is 0 Å². The summed E-state index contributed by atoms with van der Waals surface area (Å²) >= 11 is 1.42. The summed E-state index contributed by atoms with van der Waals surface area (Å²) in [7, 11) is 1.16. The van der Waals surface area contributed by atoms with E-state index in [0.29, 0.717) is 31.1 Å². The third-order valence-electron chi connectivity index (χ3n) is 4.60. The van der Waals surface area contributed by atoms with E-state index in [2.05, 4.69) is 4.74 Å². The molecule has 9 nitrogen and oxygen atoms in total. The van der Waals surface area contributed by atoms with Gasteiger partial charge in [0.15, 0.2) is 0 Å². The van der Waals surface area contributed by atoms with Crippen molar-refractivity contribution in [3.8, 4) is 0 Å². The summed E-state index contributed by atoms with van der Waals surface area (Å²) in [5.41, 5.74) is -0.390. The fraction of sp³-hybridized carbons (Fsp3) is 0.316. The molecule has 10 heteroatoms. The minimum Gasteiger partial charge on any atom is -0.465 e. The Hall–Kier alpha value is -3.27. The van der Waals surface area contributed by atoms with Gasteiger partial charge in [-0.15, -0.1) is 11.3 Å². The SMILES string of the molecule is COC(=O)c1cc(C(=O)N2CCN(C(=O)c3ccc(C)s3)CC2)cc([N+](=O)[O-])c1. The second-order valence-electron chi connectivity index (χ2n) is 6.51. The molecule has 0 N–H and O–H groups in total. The van der Waals surface area contributed by atoms with Crippen LogP contribution in [-0.4, -0.2) is 65.8 Å². The molecule has 0 unspecified atom stereocenters. The monoisotopic (exact) mass is 417 g/mol. The molecule has 0 saturated carbocycles. The van der Waals surface area contributed by atoms with Gasteiger partial charge in [-0.25, -0.2) is 4.79 Å². The van der Waals surface area contributed by atoms with Gasteiger partial charge in [0.1, 0.15) is 0 Å². The van der Waals surface area contributed by atoms with Crippen molar-refractivity contribution < 1.29 is 24.0 Å². The van der Waals surface area contributed by atoms with Gasteiger partial charge >= 0.3 is 5.97 Å². The van der Waals surface area contributed by atoms with Crippen LogP contribution < -0.4 is 0 Å². The van der Waals surface area contributed by atoms with Crippen molar-refractivity contribution in [1.29, 1.82) is 0 Å². The van der Waals surface area contributed by atoms with Crippen LogP contribution in [-0.2, 0) is 4.74 Å². The Morgan fingerprint density at radius 3 is 2.10 bits per heavy atom. The topological polar surface area (TPSA) is 110 Å². The number of nitro benzene ring substituents is 1. The molecule has 1 aliphatic heterocycles. The Morgan fingerprint density at radius 1 is 1.00 bits per heavy atom. The zero-order valence-electron chi connectivity index (χ0n) is 15.9. The van der Waals surface area contributed by atoms with Crippen molar-refractivity contribution in [2.24, 2.45) is 0 Å². The van der Waals surface area contributed by atoms with E-state index in [1.54, 1.807) is 11.0 Å². The first-order valence-corrected chi connectivity index (χ1v) is 9.64. The van der Waals surface area contributed by atoms with Gasteiger partial charge < -0.3 is 14.5 Å². The smallest absolute Gasteiger partial charge is 0.338 e.